The Morgan fingerprint density at radius 2 is 1.90 bits per heavy atom. The molecule has 0 spiro atoms. The average molecular weight is 292 g/mol. The lowest BCUT2D eigenvalue weighted by Crippen LogP contribution is -2.50. The van der Waals surface area contributed by atoms with Gasteiger partial charge >= 0.3 is 5.97 Å². The van der Waals surface area contributed by atoms with Crippen molar-refractivity contribution in [2.45, 2.75) is 45.2 Å². The van der Waals surface area contributed by atoms with Crippen molar-refractivity contribution in [3.8, 4) is 0 Å². The second-order valence-electron chi connectivity index (χ2n) is 5.34. The van der Waals surface area contributed by atoms with E-state index in [0.29, 0.717) is 12.8 Å². The summed E-state index contributed by atoms with van der Waals surface area (Å²) < 4.78 is 0. The Kier molecular flexibility index (Phi) is 6.88. The van der Waals surface area contributed by atoms with Crippen molar-refractivity contribution in [1.82, 2.24) is 5.32 Å². The number of hydrogen-bond donors (Lipinski definition) is 3. The maximum atomic E-state index is 12.0. The molecule has 1 amide bonds. The molecule has 1 rings (SSSR count). The molecule has 5 heteroatoms. The number of benzene rings is 1. The van der Waals surface area contributed by atoms with Gasteiger partial charge in [0.2, 0.25) is 5.91 Å². The van der Waals surface area contributed by atoms with E-state index < -0.39 is 24.0 Å². The fourth-order valence-electron chi connectivity index (χ4n) is 1.99. The first kappa shape index (κ1) is 17.2. The first-order valence-corrected chi connectivity index (χ1v) is 7.28. The number of rotatable bonds is 8. The summed E-state index contributed by atoms with van der Waals surface area (Å²) in [4.78, 5) is 23.2. The van der Waals surface area contributed by atoms with Crippen LogP contribution in [0.1, 0.15) is 32.3 Å². The smallest absolute Gasteiger partial charge is 0.326 e. The van der Waals surface area contributed by atoms with Crippen molar-refractivity contribution in [1.29, 1.82) is 0 Å². The minimum absolute atomic E-state index is 0.0218. The first-order valence-electron chi connectivity index (χ1n) is 7.28. The lowest BCUT2D eigenvalue weighted by molar-refractivity contribution is -0.142. The maximum absolute atomic E-state index is 12.0. The van der Waals surface area contributed by atoms with Crippen molar-refractivity contribution < 1.29 is 14.7 Å². The third kappa shape index (κ3) is 5.55. The molecule has 1 unspecified atom stereocenters. The molecule has 1 aromatic rings. The average Bonchev–Trinajstić information content (AvgIpc) is 2.50. The zero-order valence-corrected chi connectivity index (χ0v) is 12.6. The van der Waals surface area contributed by atoms with Crippen molar-refractivity contribution in [2.24, 2.45) is 11.7 Å². The van der Waals surface area contributed by atoms with Gasteiger partial charge in [-0.25, -0.2) is 4.79 Å². The van der Waals surface area contributed by atoms with Crippen LogP contribution in [0.15, 0.2) is 30.3 Å². The molecule has 0 aromatic heterocycles. The van der Waals surface area contributed by atoms with Crippen LogP contribution >= 0.6 is 0 Å². The van der Waals surface area contributed by atoms with E-state index >= 15 is 0 Å². The zero-order chi connectivity index (χ0) is 15.8. The monoisotopic (exact) mass is 292 g/mol. The second kappa shape index (κ2) is 8.42. The molecule has 0 saturated heterocycles. The normalized spacial score (nSPS) is 15.0. The van der Waals surface area contributed by atoms with E-state index in [1.807, 2.05) is 44.2 Å². The van der Waals surface area contributed by atoms with Crippen LogP contribution in [0.25, 0.3) is 0 Å². The molecule has 116 valence electrons. The Hall–Kier alpha value is -1.88. The van der Waals surface area contributed by atoms with Crippen molar-refractivity contribution in [3.05, 3.63) is 35.9 Å². The molecule has 0 aliphatic carbocycles. The van der Waals surface area contributed by atoms with Gasteiger partial charge in [-0.3, -0.25) is 4.79 Å². The van der Waals surface area contributed by atoms with Gasteiger partial charge in [-0.1, -0.05) is 50.6 Å². The van der Waals surface area contributed by atoms with E-state index in [0.717, 1.165) is 12.0 Å². The molecule has 0 heterocycles. The van der Waals surface area contributed by atoms with Crippen LogP contribution in [0.2, 0.25) is 0 Å². The molecule has 5 nitrogen and oxygen atoms in total. The second-order valence-corrected chi connectivity index (χ2v) is 5.34. The largest absolute Gasteiger partial charge is 0.480 e. The highest BCUT2D eigenvalue weighted by Crippen LogP contribution is 2.08. The fourth-order valence-corrected chi connectivity index (χ4v) is 1.99. The standard InChI is InChI=1S/C16H24N2O3/c1-3-11(2)14(17)15(19)18-13(16(20)21)10-9-12-7-5-4-6-8-12/h4-8,11,13-14H,3,9-10,17H2,1-2H3,(H,18,19)(H,20,21)/t11-,13?,14-/m0/s1. The van der Waals surface area contributed by atoms with Gasteiger partial charge in [0.15, 0.2) is 0 Å². The highest BCUT2D eigenvalue weighted by Gasteiger charge is 2.25. The van der Waals surface area contributed by atoms with Crippen LogP contribution in [0, 0.1) is 5.92 Å². The number of aryl methyl sites for hydroxylation is 1. The highest BCUT2D eigenvalue weighted by atomic mass is 16.4. The maximum Gasteiger partial charge on any atom is 0.326 e. The van der Waals surface area contributed by atoms with Crippen LogP contribution in [0.4, 0.5) is 0 Å². The molecule has 0 aliphatic rings. The molecule has 0 aliphatic heterocycles. The Balaban J connectivity index is 2.58. The van der Waals surface area contributed by atoms with Crippen LogP contribution in [0.5, 0.6) is 0 Å². The van der Waals surface area contributed by atoms with Crippen LogP contribution in [-0.2, 0) is 16.0 Å². The van der Waals surface area contributed by atoms with Gasteiger partial charge < -0.3 is 16.2 Å². The first-order chi connectivity index (χ1) is 9.95. The van der Waals surface area contributed by atoms with E-state index in [9.17, 15) is 14.7 Å². The summed E-state index contributed by atoms with van der Waals surface area (Å²) in [6, 6.07) is 8.01. The summed E-state index contributed by atoms with van der Waals surface area (Å²) >= 11 is 0. The van der Waals surface area contributed by atoms with Gasteiger partial charge in [-0.2, -0.15) is 0 Å². The third-order valence-corrected chi connectivity index (χ3v) is 3.74. The van der Waals surface area contributed by atoms with Gasteiger partial charge in [0.25, 0.3) is 0 Å². The molecular formula is C16H24N2O3. The van der Waals surface area contributed by atoms with Crippen molar-refractivity contribution >= 4 is 11.9 Å². The van der Waals surface area contributed by atoms with E-state index in [-0.39, 0.29) is 5.92 Å². The quantitative estimate of drug-likeness (QED) is 0.678. The van der Waals surface area contributed by atoms with E-state index in [2.05, 4.69) is 5.32 Å². The number of nitrogens with one attached hydrogen (secondary N) is 1. The van der Waals surface area contributed by atoms with Crippen LogP contribution < -0.4 is 11.1 Å². The minimum atomic E-state index is -1.03. The Labute approximate surface area is 125 Å². The van der Waals surface area contributed by atoms with Crippen LogP contribution in [0.3, 0.4) is 0 Å². The molecule has 1 aromatic carbocycles. The van der Waals surface area contributed by atoms with Crippen LogP contribution in [-0.4, -0.2) is 29.1 Å². The summed E-state index contributed by atoms with van der Waals surface area (Å²) in [6.07, 6.45) is 1.71. The van der Waals surface area contributed by atoms with Gasteiger partial charge in [0.05, 0.1) is 6.04 Å². The van der Waals surface area contributed by atoms with E-state index in [1.54, 1.807) is 0 Å². The Morgan fingerprint density at radius 3 is 2.43 bits per heavy atom. The number of carboxylic acids is 1. The number of aliphatic carboxylic acids is 1. The molecule has 0 radical (unpaired) electrons. The molecule has 3 atom stereocenters. The molecule has 0 bridgehead atoms. The van der Waals surface area contributed by atoms with Gasteiger partial charge in [-0.15, -0.1) is 0 Å². The predicted molar refractivity (Wildman–Crippen MR) is 81.8 cm³/mol. The SMILES string of the molecule is CC[C@H](C)[C@H](N)C(=O)NC(CCc1ccccc1)C(=O)O. The number of hydrogen-bond acceptors (Lipinski definition) is 3. The minimum Gasteiger partial charge on any atom is -0.480 e. The molecule has 4 N–H and O–H groups in total. The summed E-state index contributed by atoms with van der Waals surface area (Å²) in [5.41, 5.74) is 6.87. The number of carbonyl (C=O) groups excluding carboxylic acids is 1. The van der Waals surface area contributed by atoms with Crippen molar-refractivity contribution in [3.63, 3.8) is 0 Å². The van der Waals surface area contributed by atoms with E-state index in [1.165, 1.54) is 0 Å². The Morgan fingerprint density at radius 1 is 1.29 bits per heavy atom. The number of amides is 1. The van der Waals surface area contributed by atoms with E-state index in [4.69, 9.17) is 5.73 Å². The van der Waals surface area contributed by atoms with Gasteiger partial charge in [0, 0.05) is 0 Å². The number of carbonyl (C=O) groups is 2. The summed E-state index contributed by atoms with van der Waals surface area (Å²) in [5, 5.41) is 11.8. The summed E-state index contributed by atoms with van der Waals surface area (Å²) in [6.45, 7) is 3.83. The molecule has 0 fully saturated rings. The van der Waals surface area contributed by atoms with Gasteiger partial charge in [-0.05, 0) is 24.3 Å². The van der Waals surface area contributed by atoms with Gasteiger partial charge in [0.1, 0.15) is 6.04 Å². The third-order valence-electron chi connectivity index (χ3n) is 3.74. The topological polar surface area (TPSA) is 92.4 Å². The fraction of sp³-hybridized carbons (Fsp3) is 0.500. The molecule has 21 heavy (non-hydrogen) atoms. The lowest BCUT2D eigenvalue weighted by Gasteiger charge is -2.21. The zero-order valence-electron chi connectivity index (χ0n) is 12.6. The summed E-state index contributed by atoms with van der Waals surface area (Å²) in [5.74, 6) is -1.41. The predicted octanol–water partition coefficient (Wildman–Crippen LogP) is 1.56. The molecular weight excluding hydrogens is 268 g/mol. The summed E-state index contributed by atoms with van der Waals surface area (Å²) in [7, 11) is 0. The lowest BCUT2D eigenvalue weighted by atomic mass is 9.98. The molecule has 0 saturated carbocycles. The number of carboxylic acid groups (broad SMARTS) is 1. The highest BCUT2D eigenvalue weighted by molar-refractivity contribution is 5.86. The van der Waals surface area contributed by atoms with Crippen molar-refractivity contribution in [2.75, 3.05) is 0 Å². The number of nitrogens with two attached hydrogens (primary N) is 1. The Bertz CT molecular complexity index is 462.